The summed E-state index contributed by atoms with van der Waals surface area (Å²) in [5.74, 6) is 0.893. The van der Waals surface area contributed by atoms with Crippen LogP contribution in [0.1, 0.15) is 21.5 Å². The van der Waals surface area contributed by atoms with Gasteiger partial charge >= 0.3 is 0 Å². The highest BCUT2D eigenvalue weighted by molar-refractivity contribution is 6.01. The molecule has 5 rings (SSSR count). The van der Waals surface area contributed by atoms with E-state index in [1.807, 2.05) is 41.9 Å². The van der Waals surface area contributed by atoms with Gasteiger partial charge in [-0.05, 0) is 48.7 Å². The molecule has 2 aliphatic rings. The van der Waals surface area contributed by atoms with Gasteiger partial charge in [-0.1, -0.05) is 6.07 Å². The molecule has 1 aromatic carbocycles. The number of carbonyl (C=O) groups excluding carboxylic acids is 1. The van der Waals surface area contributed by atoms with Gasteiger partial charge in [-0.15, -0.1) is 0 Å². The van der Waals surface area contributed by atoms with E-state index >= 15 is 0 Å². The monoisotopic (exact) mass is 390 g/mol. The van der Waals surface area contributed by atoms with Crippen LogP contribution in [0, 0.1) is 6.92 Å². The van der Waals surface area contributed by atoms with E-state index in [0.717, 1.165) is 55.0 Å². The molecule has 2 N–H and O–H groups in total. The number of amides is 1. The lowest BCUT2D eigenvalue weighted by Crippen LogP contribution is -2.44. The largest absolute Gasteiger partial charge is 0.491 e. The number of fused-ring (bicyclic) bond motifs is 2. The Morgan fingerprint density at radius 3 is 2.83 bits per heavy atom. The highest BCUT2D eigenvalue weighted by atomic mass is 16.5. The lowest BCUT2D eigenvalue weighted by Gasteiger charge is -2.31. The van der Waals surface area contributed by atoms with Crippen molar-refractivity contribution in [2.24, 2.45) is 0 Å². The van der Waals surface area contributed by atoms with Crippen LogP contribution < -0.4 is 20.3 Å². The van der Waals surface area contributed by atoms with Crippen LogP contribution in [0.2, 0.25) is 0 Å². The molecule has 0 bridgehead atoms. The molecule has 1 saturated heterocycles. The molecule has 1 atom stereocenters. The Bertz CT molecular complexity index is 1050. The third kappa shape index (κ3) is 3.56. The number of carbonyl (C=O) groups is 1. The second-order valence-corrected chi connectivity index (χ2v) is 7.94. The molecule has 3 aromatic rings. The van der Waals surface area contributed by atoms with E-state index in [4.69, 9.17) is 4.74 Å². The maximum absolute atomic E-state index is 12.9. The van der Waals surface area contributed by atoms with Crippen molar-refractivity contribution in [1.82, 2.24) is 15.0 Å². The van der Waals surface area contributed by atoms with Crippen LogP contribution in [0.25, 0.3) is 5.52 Å². The van der Waals surface area contributed by atoms with Gasteiger partial charge in [0.25, 0.3) is 5.91 Å². The van der Waals surface area contributed by atoms with Gasteiger partial charge in [0.05, 0.1) is 17.1 Å². The Balaban J connectivity index is 1.29. The molecule has 0 spiro atoms. The summed E-state index contributed by atoms with van der Waals surface area (Å²) in [5, 5.41) is 6.54. The lowest BCUT2D eigenvalue weighted by atomic mass is 10.0. The van der Waals surface area contributed by atoms with E-state index < -0.39 is 0 Å². The van der Waals surface area contributed by atoms with Crippen LogP contribution in [-0.4, -0.2) is 49.1 Å². The maximum atomic E-state index is 12.9. The number of hydrogen-bond acceptors (Lipinski definition) is 4. The van der Waals surface area contributed by atoms with Crippen LogP contribution in [-0.2, 0) is 6.42 Å². The zero-order chi connectivity index (χ0) is 19.8. The van der Waals surface area contributed by atoms with Crippen LogP contribution in [0.5, 0.6) is 5.75 Å². The fraction of sp³-hybridized carbons (Fsp3) is 0.348. The first-order valence-corrected chi connectivity index (χ1v) is 10.3. The summed E-state index contributed by atoms with van der Waals surface area (Å²) < 4.78 is 8.01. The Kier molecular flexibility index (Phi) is 4.64. The Morgan fingerprint density at radius 1 is 1.14 bits per heavy atom. The number of nitrogens with one attached hydrogen (secondary N) is 2. The van der Waals surface area contributed by atoms with E-state index in [0.29, 0.717) is 12.2 Å². The van der Waals surface area contributed by atoms with Gasteiger partial charge in [0.15, 0.2) is 0 Å². The third-order valence-electron chi connectivity index (χ3n) is 5.84. The summed E-state index contributed by atoms with van der Waals surface area (Å²) in [6, 6.07) is 12.4. The molecule has 2 aromatic heterocycles. The Morgan fingerprint density at radius 2 is 1.97 bits per heavy atom. The number of pyridine rings is 1. The number of anilines is 1. The zero-order valence-electron chi connectivity index (χ0n) is 16.6. The SMILES string of the molecule is Cc1ccn2ccc(C(=O)N[C@H]3COc4cc(N5CCNCC5)ccc4C3)c2c1. The predicted octanol–water partition coefficient (Wildman–Crippen LogP) is 2.39. The maximum Gasteiger partial charge on any atom is 0.253 e. The quantitative estimate of drug-likeness (QED) is 0.721. The highest BCUT2D eigenvalue weighted by Crippen LogP contribution is 2.30. The minimum absolute atomic E-state index is 0.0280. The minimum atomic E-state index is -0.0485. The van der Waals surface area contributed by atoms with E-state index in [1.165, 1.54) is 5.69 Å². The predicted molar refractivity (Wildman–Crippen MR) is 114 cm³/mol. The zero-order valence-corrected chi connectivity index (χ0v) is 16.6. The number of aryl methyl sites for hydroxylation is 1. The standard InChI is InChI=1S/C23H26N4O2/c1-16-4-8-27-9-5-20(21(27)12-16)23(28)25-18-13-17-2-3-19(14-22(17)29-15-18)26-10-6-24-7-11-26/h2-5,8-9,12,14,18,24H,6-7,10-11,13,15H2,1H3,(H,25,28)/t18-/m1/s1. The molecular weight excluding hydrogens is 364 g/mol. The Labute approximate surface area is 170 Å². The number of nitrogens with zero attached hydrogens (tertiary/aromatic N) is 2. The summed E-state index contributed by atoms with van der Waals surface area (Å²) in [6.45, 7) is 6.59. The van der Waals surface area contributed by atoms with Crippen LogP contribution >= 0.6 is 0 Å². The number of rotatable bonds is 3. The molecular formula is C23H26N4O2. The molecule has 150 valence electrons. The van der Waals surface area contributed by atoms with Crippen LogP contribution in [0.3, 0.4) is 0 Å². The third-order valence-corrected chi connectivity index (χ3v) is 5.84. The fourth-order valence-corrected chi connectivity index (χ4v) is 4.23. The van der Waals surface area contributed by atoms with Gasteiger partial charge < -0.3 is 24.7 Å². The lowest BCUT2D eigenvalue weighted by molar-refractivity contribution is 0.0917. The first-order chi connectivity index (χ1) is 14.2. The topological polar surface area (TPSA) is 58.0 Å². The molecule has 0 aliphatic carbocycles. The molecule has 6 heteroatoms. The average molecular weight is 390 g/mol. The fourth-order valence-electron chi connectivity index (χ4n) is 4.23. The van der Waals surface area contributed by atoms with Crippen molar-refractivity contribution in [2.45, 2.75) is 19.4 Å². The Hall–Kier alpha value is -2.99. The summed E-state index contributed by atoms with van der Waals surface area (Å²) in [7, 11) is 0. The van der Waals surface area contributed by atoms with Crippen molar-refractivity contribution in [3.05, 3.63) is 65.5 Å². The van der Waals surface area contributed by atoms with Crippen molar-refractivity contribution in [3.8, 4) is 5.75 Å². The average Bonchev–Trinajstić information content (AvgIpc) is 3.17. The second-order valence-electron chi connectivity index (χ2n) is 7.94. The van der Waals surface area contributed by atoms with Crippen LogP contribution in [0.15, 0.2) is 48.8 Å². The summed E-state index contributed by atoms with van der Waals surface area (Å²) in [5.41, 5.74) is 5.13. The van der Waals surface area contributed by atoms with Gasteiger partial charge in [0.1, 0.15) is 12.4 Å². The van der Waals surface area contributed by atoms with E-state index in [1.54, 1.807) is 0 Å². The first-order valence-electron chi connectivity index (χ1n) is 10.3. The molecule has 1 fully saturated rings. The van der Waals surface area contributed by atoms with Gasteiger partial charge in [-0.25, -0.2) is 0 Å². The number of hydrogen-bond donors (Lipinski definition) is 2. The van der Waals surface area contributed by atoms with Crippen molar-refractivity contribution in [3.63, 3.8) is 0 Å². The van der Waals surface area contributed by atoms with Crippen molar-refractivity contribution in [2.75, 3.05) is 37.7 Å². The molecule has 0 saturated carbocycles. The molecule has 6 nitrogen and oxygen atoms in total. The number of benzene rings is 1. The number of piperazine rings is 1. The first kappa shape index (κ1) is 18.1. The van der Waals surface area contributed by atoms with Crippen LogP contribution in [0.4, 0.5) is 5.69 Å². The second kappa shape index (κ2) is 7.44. The van der Waals surface area contributed by atoms with Gasteiger partial charge in [0, 0.05) is 50.3 Å². The highest BCUT2D eigenvalue weighted by Gasteiger charge is 2.24. The van der Waals surface area contributed by atoms with E-state index in [2.05, 4.69) is 33.7 Å². The van der Waals surface area contributed by atoms with E-state index in [9.17, 15) is 4.79 Å². The molecule has 0 radical (unpaired) electrons. The normalized spacial score (nSPS) is 18.9. The van der Waals surface area contributed by atoms with Crippen molar-refractivity contribution < 1.29 is 9.53 Å². The smallest absolute Gasteiger partial charge is 0.253 e. The van der Waals surface area contributed by atoms with Crippen molar-refractivity contribution >= 4 is 17.1 Å². The molecule has 29 heavy (non-hydrogen) atoms. The molecule has 4 heterocycles. The molecule has 0 unspecified atom stereocenters. The van der Waals surface area contributed by atoms with Crippen molar-refractivity contribution in [1.29, 1.82) is 0 Å². The van der Waals surface area contributed by atoms with E-state index in [-0.39, 0.29) is 11.9 Å². The molecule has 1 amide bonds. The summed E-state index contributed by atoms with van der Waals surface area (Å²) in [4.78, 5) is 15.3. The molecule has 2 aliphatic heterocycles. The number of ether oxygens (including phenoxy) is 1. The summed E-state index contributed by atoms with van der Waals surface area (Å²) >= 11 is 0. The van der Waals surface area contributed by atoms with Gasteiger partial charge in [0.2, 0.25) is 0 Å². The number of aromatic nitrogens is 1. The van der Waals surface area contributed by atoms with Gasteiger partial charge in [-0.2, -0.15) is 0 Å². The van der Waals surface area contributed by atoms with Gasteiger partial charge in [-0.3, -0.25) is 4.79 Å². The minimum Gasteiger partial charge on any atom is -0.491 e. The summed E-state index contributed by atoms with van der Waals surface area (Å²) in [6.07, 6.45) is 4.69.